The molecule has 0 unspecified atom stereocenters. The summed E-state index contributed by atoms with van der Waals surface area (Å²) in [6, 6.07) is 6.24. The van der Waals surface area contributed by atoms with Crippen LogP contribution in [0.2, 0.25) is 0 Å². The first kappa shape index (κ1) is 16.2. The molecule has 0 saturated heterocycles. The number of aryl methyl sites for hydroxylation is 1. The van der Waals surface area contributed by atoms with Crippen LogP contribution in [0.1, 0.15) is 12.5 Å². The topological polar surface area (TPSA) is 76.0 Å². The summed E-state index contributed by atoms with van der Waals surface area (Å²) in [6.45, 7) is 3.64. The Kier molecular flexibility index (Phi) is 5.26. The van der Waals surface area contributed by atoms with Crippen LogP contribution in [0.5, 0.6) is 0 Å². The van der Waals surface area contributed by atoms with Crippen LogP contribution in [-0.4, -0.2) is 45.8 Å². The Bertz CT molecular complexity index is 604. The van der Waals surface area contributed by atoms with Crippen LogP contribution in [0.4, 0.5) is 0 Å². The van der Waals surface area contributed by atoms with Crippen molar-refractivity contribution in [2.75, 3.05) is 20.7 Å². The molecule has 1 rings (SSSR count). The average Bonchev–Trinajstić information content (AvgIpc) is 2.36. The van der Waals surface area contributed by atoms with Crippen LogP contribution in [-0.2, 0) is 19.6 Å². The van der Waals surface area contributed by atoms with Crippen molar-refractivity contribution in [2.45, 2.75) is 18.7 Å². The van der Waals surface area contributed by atoms with Gasteiger partial charge in [-0.1, -0.05) is 17.7 Å². The van der Waals surface area contributed by atoms with E-state index in [9.17, 15) is 13.2 Å². The number of nitrogens with zero attached hydrogens (tertiary/aromatic N) is 2. The van der Waals surface area contributed by atoms with Gasteiger partial charge in [0, 0.05) is 14.1 Å². The highest BCUT2D eigenvalue weighted by molar-refractivity contribution is 7.90. The zero-order valence-electron chi connectivity index (χ0n) is 12.0. The highest BCUT2D eigenvalue weighted by Gasteiger charge is 2.21. The Morgan fingerprint density at radius 3 is 2.25 bits per heavy atom. The van der Waals surface area contributed by atoms with Crippen LogP contribution in [0.15, 0.2) is 33.6 Å². The molecule has 0 radical (unpaired) electrons. The molecule has 0 bridgehead atoms. The van der Waals surface area contributed by atoms with E-state index in [1.807, 2.05) is 6.92 Å². The molecular formula is C13H18N2O4S. The van der Waals surface area contributed by atoms with Crippen molar-refractivity contribution in [2.24, 2.45) is 4.40 Å². The van der Waals surface area contributed by atoms with Crippen LogP contribution < -0.4 is 0 Å². The number of rotatable bonds is 3. The van der Waals surface area contributed by atoms with Crippen molar-refractivity contribution in [1.29, 1.82) is 0 Å². The number of hydrogen-bond donors (Lipinski definition) is 0. The zero-order valence-corrected chi connectivity index (χ0v) is 12.8. The largest absolute Gasteiger partial charge is 0.460 e. The normalized spacial score (nSPS) is 12.1. The molecule has 20 heavy (non-hydrogen) atoms. The molecule has 6 nitrogen and oxygen atoms in total. The van der Waals surface area contributed by atoms with E-state index in [4.69, 9.17) is 4.74 Å². The molecule has 0 aliphatic heterocycles. The summed E-state index contributed by atoms with van der Waals surface area (Å²) in [5.74, 6) is -1.03. The van der Waals surface area contributed by atoms with Gasteiger partial charge in [0.05, 0.1) is 11.5 Å². The summed E-state index contributed by atoms with van der Waals surface area (Å²) in [5.41, 5.74) is 0.936. The summed E-state index contributed by atoms with van der Waals surface area (Å²) in [4.78, 5) is 13.0. The molecule has 0 aliphatic carbocycles. The number of carbonyl (C=O) groups is 1. The highest BCUT2D eigenvalue weighted by Crippen LogP contribution is 2.14. The minimum absolute atomic E-state index is 0.0340. The lowest BCUT2D eigenvalue weighted by atomic mass is 10.2. The van der Waals surface area contributed by atoms with Gasteiger partial charge in [0.25, 0.3) is 10.0 Å². The second-order valence-corrected chi connectivity index (χ2v) is 5.92. The lowest BCUT2D eigenvalue weighted by molar-refractivity contribution is -0.135. The maximum atomic E-state index is 12.1. The number of benzene rings is 1. The first-order valence-corrected chi connectivity index (χ1v) is 7.48. The van der Waals surface area contributed by atoms with Gasteiger partial charge in [0.2, 0.25) is 5.84 Å². The van der Waals surface area contributed by atoms with Crippen LogP contribution in [0.25, 0.3) is 0 Å². The van der Waals surface area contributed by atoms with Gasteiger partial charge < -0.3 is 9.64 Å². The van der Waals surface area contributed by atoms with Gasteiger partial charge in [0.15, 0.2) is 0 Å². The molecule has 0 heterocycles. The van der Waals surface area contributed by atoms with E-state index >= 15 is 0 Å². The van der Waals surface area contributed by atoms with Gasteiger partial charge in [-0.2, -0.15) is 8.42 Å². The van der Waals surface area contributed by atoms with Gasteiger partial charge in [-0.15, -0.1) is 4.40 Å². The number of ether oxygens (including phenoxy) is 1. The van der Waals surface area contributed by atoms with Gasteiger partial charge in [0.1, 0.15) is 0 Å². The summed E-state index contributed by atoms with van der Waals surface area (Å²) >= 11 is 0. The Hall–Kier alpha value is -1.89. The smallest absolute Gasteiger partial charge is 0.375 e. The van der Waals surface area contributed by atoms with Gasteiger partial charge in [-0.05, 0) is 26.0 Å². The summed E-state index contributed by atoms with van der Waals surface area (Å²) < 4.78 is 32.6. The van der Waals surface area contributed by atoms with Crippen LogP contribution in [0, 0.1) is 6.92 Å². The first-order chi connectivity index (χ1) is 9.27. The molecule has 0 saturated carbocycles. The molecule has 0 fully saturated rings. The predicted molar refractivity (Wildman–Crippen MR) is 76.1 cm³/mol. The molecule has 0 aromatic heterocycles. The molecular weight excluding hydrogens is 280 g/mol. The Labute approximate surface area is 119 Å². The molecule has 1 aromatic carbocycles. The summed E-state index contributed by atoms with van der Waals surface area (Å²) in [5, 5.41) is 0. The summed E-state index contributed by atoms with van der Waals surface area (Å²) in [6.07, 6.45) is 0. The third-order valence-corrected chi connectivity index (χ3v) is 3.69. The van der Waals surface area contributed by atoms with Gasteiger partial charge in [-0.3, -0.25) is 0 Å². The van der Waals surface area contributed by atoms with E-state index in [-0.39, 0.29) is 17.3 Å². The fourth-order valence-electron chi connectivity index (χ4n) is 1.37. The fraction of sp³-hybridized carbons (Fsp3) is 0.385. The Morgan fingerprint density at radius 1 is 1.25 bits per heavy atom. The SMILES string of the molecule is CCOC(=O)/C(=N/S(=O)(=O)c1ccc(C)cc1)N(C)C. The standard InChI is InChI=1S/C13H18N2O4S/c1-5-19-13(16)12(15(3)4)14-20(17,18)11-8-6-10(2)7-9-11/h6-9H,5H2,1-4H3/b14-12-. The summed E-state index contributed by atoms with van der Waals surface area (Å²) in [7, 11) is -0.883. The lowest BCUT2D eigenvalue weighted by Crippen LogP contribution is -2.32. The second kappa shape index (κ2) is 6.51. The number of amidine groups is 1. The molecule has 0 aliphatic rings. The minimum atomic E-state index is -3.94. The van der Waals surface area contributed by atoms with Crippen molar-refractivity contribution in [3.8, 4) is 0 Å². The Morgan fingerprint density at radius 2 is 1.80 bits per heavy atom. The van der Waals surface area contributed by atoms with E-state index in [2.05, 4.69) is 4.40 Å². The van der Waals surface area contributed by atoms with Gasteiger partial charge in [-0.25, -0.2) is 4.79 Å². The second-order valence-electron chi connectivity index (χ2n) is 4.32. The van der Waals surface area contributed by atoms with E-state index in [0.29, 0.717) is 0 Å². The van der Waals surface area contributed by atoms with Crippen molar-refractivity contribution < 1.29 is 17.9 Å². The quantitative estimate of drug-likeness (QED) is 0.476. The predicted octanol–water partition coefficient (Wildman–Crippen LogP) is 1.21. The minimum Gasteiger partial charge on any atom is -0.460 e. The zero-order chi connectivity index (χ0) is 15.3. The average molecular weight is 298 g/mol. The number of esters is 1. The highest BCUT2D eigenvalue weighted by atomic mass is 32.2. The molecule has 0 spiro atoms. The number of likely N-dealkylation sites (N-methyl/N-ethyl adjacent to an activating group) is 1. The monoisotopic (exact) mass is 298 g/mol. The number of carbonyl (C=O) groups excluding carboxylic acids is 1. The molecule has 110 valence electrons. The number of hydrogen-bond acceptors (Lipinski definition) is 4. The van der Waals surface area contributed by atoms with Crippen molar-refractivity contribution >= 4 is 21.8 Å². The third-order valence-electron chi connectivity index (χ3n) is 2.41. The van der Waals surface area contributed by atoms with Crippen LogP contribution in [0.3, 0.4) is 0 Å². The molecule has 1 aromatic rings. The van der Waals surface area contributed by atoms with Crippen molar-refractivity contribution in [3.63, 3.8) is 0 Å². The molecule has 0 amide bonds. The molecule has 7 heteroatoms. The van der Waals surface area contributed by atoms with E-state index in [1.165, 1.54) is 31.1 Å². The Balaban J connectivity index is 3.21. The maximum absolute atomic E-state index is 12.1. The maximum Gasteiger partial charge on any atom is 0.375 e. The number of sulfonamides is 1. The first-order valence-electron chi connectivity index (χ1n) is 6.04. The van der Waals surface area contributed by atoms with Crippen molar-refractivity contribution in [3.05, 3.63) is 29.8 Å². The van der Waals surface area contributed by atoms with Gasteiger partial charge >= 0.3 is 5.97 Å². The molecule has 0 N–H and O–H groups in total. The van der Waals surface area contributed by atoms with E-state index in [0.717, 1.165) is 5.56 Å². The van der Waals surface area contributed by atoms with E-state index < -0.39 is 16.0 Å². The lowest BCUT2D eigenvalue weighted by Gasteiger charge is -2.13. The van der Waals surface area contributed by atoms with Crippen LogP contribution >= 0.6 is 0 Å². The van der Waals surface area contributed by atoms with E-state index in [1.54, 1.807) is 19.1 Å². The van der Waals surface area contributed by atoms with Crippen molar-refractivity contribution in [1.82, 2.24) is 4.90 Å². The third kappa shape index (κ3) is 4.06. The molecule has 0 atom stereocenters. The fourth-order valence-corrected chi connectivity index (χ4v) is 2.42.